The summed E-state index contributed by atoms with van der Waals surface area (Å²) in [4.78, 5) is 9.70. The molecule has 0 heterocycles. The third-order valence-electron chi connectivity index (χ3n) is 2.60. The summed E-state index contributed by atoms with van der Waals surface area (Å²) in [5.41, 5.74) is 0.578. The van der Waals surface area contributed by atoms with E-state index in [2.05, 4.69) is 0 Å². The van der Waals surface area contributed by atoms with Crippen LogP contribution in [0.25, 0.3) is 0 Å². The van der Waals surface area contributed by atoms with Gasteiger partial charge in [-0.05, 0) is 30.7 Å². The average Bonchev–Trinajstić information content (AvgIpc) is 2.40. The van der Waals surface area contributed by atoms with Gasteiger partial charge in [0.1, 0.15) is 17.6 Å². The molecule has 0 bridgehead atoms. The molecule has 0 spiro atoms. The zero-order chi connectivity index (χ0) is 14.7. The molecule has 5 nitrogen and oxygen atoms in total. The van der Waals surface area contributed by atoms with Gasteiger partial charge in [-0.15, -0.1) is 0 Å². The predicted octanol–water partition coefficient (Wildman–Crippen LogP) is 3.71. The van der Waals surface area contributed by atoms with E-state index < -0.39 is 16.4 Å². The summed E-state index contributed by atoms with van der Waals surface area (Å²) >= 11 is 0. The molecule has 0 amide bonds. The van der Waals surface area contributed by atoms with Crippen LogP contribution in [-0.2, 0) is 0 Å². The fourth-order valence-corrected chi connectivity index (χ4v) is 1.65. The normalized spacial score (nSPS) is 9.85. The van der Waals surface area contributed by atoms with E-state index in [0.717, 1.165) is 17.7 Å². The number of benzene rings is 2. The van der Waals surface area contributed by atoms with Crippen molar-refractivity contribution < 1.29 is 14.1 Å². The molecule has 0 aromatic heterocycles. The van der Waals surface area contributed by atoms with Crippen LogP contribution in [0.1, 0.15) is 11.1 Å². The van der Waals surface area contributed by atoms with Crippen molar-refractivity contribution in [2.24, 2.45) is 0 Å². The summed E-state index contributed by atoms with van der Waals surface area (Å²) in [6.07, 6.45) is 0. The van der Waals surface area contributed by atoms with E-state index in [-0.39, 0.29) is 11.5 Å². The highest BCUT2D eigenvalue weighted by Crippen LogP contribution is 2.29. The highest BCUT2D eigenvalue weighted by Gasteiger charge is 2.15. The Labute approximate surface area is 114 Å². The van der Waals surface area contributed by atoms with Crippen LogP contribution in [0.3, 0.4) is 0 Å². The number of halogens is 1. The summed E-state index contributed by atoms with van der Waals surface area (Å²) in [6, 6.07) is 10.2. The second kappa shape index (κ2) is 5.36. The van der Waals surface area contributed by atoms with Crippen molar-refractivity contribution in [1.82, 2.24) is 0 Å². The fraction of sp³-hybridized carbons (Fsp3) is 0.0714. The van der Waals surface area contributed by atoms with Gasteiger partial charge in [-0.2, -0.15) is 9.65 Å². The van der Waals surface area contributed by atoms with Gasteiger partial charge in [-0.1, -0.05) is 6.07 Å². The highest BCUT2D eigenvalue weighted by molar-refractivity contribution is 5.48. The molecular formula is C14H9FN2O3. The van der Waals surface area contributed by atoms with Crippen molar-refractivity contribution in [3.05, 3.63) is 63.5 Å². The molecule has 20 heavy (non-hydrogen) atoms. The number of ether oxygens (including phenoxy) is 1. The van der Waals surface area contributed by atoms with Crippen molar-refractivity contribution in [2.45, 2.75) is 6.92 Å². The van der Waals surface area contributed by atoms with Crippen LogP contribution in [-0.4, -0.2) is 4.92 Å². The van der Waals surface area contributed by atoms with Gasteiger partial charge in [0, 0.05) is 12.1 Å². The van der Waals surface area contributed by atoms with Gasteiger partial charge < -0.3 is 4.74 Å². The van der Waals surface area contributed by atoms with E-state index in [0.29, 0.717) is 5.56 Å². The molecule has 0 saturated carbocycles. The van der Waals surface area contributed by atoms with Crippen molar-refractivity contribution in [3.8, 4) is 17.6 Å². The Morgan fingerprint density at radius 3 is 2.65 bits per heavy atom. The zero-order valence-electron chi connectivity index (χ0n) is 10.5. The maximum atomic E-state index is 13.5. The van der Waals surface area contributed by atoms with Crippen LogP contribution < -0.4 is 4.74 Å². The van der Waals surface area contributed by atoms with E-state index in [1.807, 2.05) is 13.0 Å². The number of nitro groups is 1. The minimum Gasteiger partial charge on any atom is -0.456 e. The maximum absolute atomic E-state index is 13.5. The van der Waals surface area contributed by atoms with Gasteiger partial charge in [-0.25, -0.2) is 0 Å². The molecule has 0 atom stereocenters. The number of nitrogens with zero attached hydrogens (tertiary/aromatic N) is 2. The van der Waals surface area contributed by atoms with Crippen LogP contribution >= 0.6 is 0 Å². The summed E-state index contributed by atoms with van der Waals surface area (Å²) in [5, 5.41) is 19.5. The standard InChI is InChI=1S/C14H9FN2O3/c1-9-2-5-14(10(6-9)8-16)20-11-3-4-13(17(18)19)12(15)7-11/h2-7H,1H3. The maximum Gasteiger partial charge on any atom is 0.305 e. The minimum absolute atomic E-state index is 0.0912. The van der Waals surface area contributed by atoms with Crippen molar-refractivity contribution in [3.63, 3.8) is 0 Å². The number of aryl methyl sites for hydroxylation is 1. The van der Waals surface area contributed by atoms with E-state index in [4.69, 9.17) is 10.00 Å². The van der Waals surface area contributed by atoms with E-state index in [1.165, 1.54) is 6.07 Å². The van der Waals surface area contributed by atoms with E-state index in [9.17, 15) is 14.5 Å². The van der Waals surface area contributed by atoms with Crippen LogP contribution in [0, 0.1) is 34.2 Å². The third-order valence-corrected chi connectivity index (χ3v) is 2.60. The molecule has 2 rings (SSSR count). The predicted molar refractivity (Wildman–Crippen MR) is 69.0 cm³/mol. The number of nitro benzene ring substituents is 1. The first-order chi connectivity index (χ1) is 9.51. The molecule has 0 N–H and O–H groups in total. The van der Waals surface area contributed by atoms with Crippen LogP contribution in [0.2, 0.25) is 0 Å². The van der Waals surface area contributed by atoms with Gasteiger partial charge >= 0.3 is 5.69 Å². The Kier molecular flexibility index (Phi) is 3.62. The van der Waals surface area contributed by atoms with Crippen LogP contribution in [0.4, 0.5) is 10.1 Å². The largest absolute Gasteiger partial charge is 0.456 e. The molecule has 0 saturated heterocycles. The number of nitriles is 1. The number of rotatable bonds is 3. The van der Waals surface area contributed by atoms with Gasteiger partial charge in [0.2, 0.25) is 5.82 Å². The monoisotopic (exact) mass is 272 g/mol. The summed E-state index contributed by atoms with van der Waals surface area (Å²) in [7, 11) is 0. The van der Waals surface area contributed by atoms with Gasteiger partial charge in [0.15, 0.2) is 0 Å². The van der Waals surface area contributed by atoms with Crippen LogP contribution in [0.15, 0.2) is 36.4 Å². The second-order valence-electron chi connectivity index (χ2n) is 4.08. The Bertz CT molecular complexity index is 723. The average molecular weight is 272 g/mol. The second-order valence-corrected chi connectivity index (χ2v) is 4.08. The molecule has 0 fully saturated rings. The summed E-state index contributed by atoms with van der Waals surface area (Å²) in [5.74, 6) is -0.627. The molecule has 100 valence electrons. The molecular weight excluding hydrogens is 263 g/mol. The van der Waals surface area contributed by atoms with Crippen molar-refractivity contribution in [1.29, 1.82) is 5.26 Å². The van der Waals surface area contributed by atoms with Crippen molar-refractivity contribution >= 4 is 5.69 Å². The number of hydrogen-bond acceptors (Lipinski definition) is 4. The molecule has 0 aliphatic heterocycles. The van der Waals surface area contributed by atoms with Gasteiger partial charge in [-0.3, -0.25) is 10.1 Å². The first-order valence-corrected chi connectivity index (χ1v) is 5.64. The van der Waals surface area contributed by atoms with Gasteiger partial charge in [0.05, 0.1) is 10.5 Å². The third kappa shape index (κ3) is 2.72. The molecule has 6 heteroatoms. The SMILES string of the molecule is Cc1ccc(Oc2ccc([N+](=O)[O-])c(F)c2)c(C#N)c1. The lowest BCUT2D eigenvalue weighted by molar-refractivity contribution is -0.387. The van der Waals surface area contributed by atoms with Crippen LogP contribution in [0.5, 0.6) is 11.5 Å². The first kappa shape index (κ1) is 13.5. The fourth-order valence-electron chi connectivity index (χ4n) is 1.65. The molecule has 0 unspecified atom stereocenters. The lowest BCUT2D eigenvalue weighted by atomic mass is 10.1. The topological polar surface area (TPSA) is 76.2 Å². The molecule has 0 aliphatic rings. The molecule has 0 aliphatic carbocycles. The lowest BCUT2D eigenvalue weighted by Gasteiger charge is -2.08. The molecule has 2 aromatic rings. The quantitative estimate of drug-likeness (QED) is 0.630. The zero-order valence-corrected chi connectivity index (χ0v) is 10.5. The van der Waals surface area contributed by atoms with E-state index in [1.54, 1.807) is 18.2 Å². The van der Waals surface area contributed by atoms with Gasteiger partial charge in [0.25, 0.3) is 0 Å². The smallest absolute Gasteiger partial charge is 0.305 e. The number of hydrogen-bond donors (Lipinski definition) is 0. The Balaban J connectivity index is 2.34. The Hall–Kier alpha value is -2.94. The first-order valence-electron chi connectivity index (χ1n) is 5.64. The molecule has 0 radical (unpaired) electrons. The van der Waals surface area contributed by atoms with E-state index >= 15 is 0 Å². The molecule has 2 aromatic carbocycles. The lowest BCUT2D eigenvalue weighted by Crippen LogP contribution is -1.94. The summed E-state index contributed by atoms with van der Waals surface area (Å²) < 4.78 is 18.8. The Morgan fingerprint density at radius 2 is 2.05 bits per heavy atom. The summed E-state index contributed by atoms with van der Waals surface area (Å²) in [6.45, 7) is 1.83. The minimum atomic E-state index is -0.988. The highest BCUT2D eigenvalue weighted by atomic mass is 19.1. The Morgan fingerprint density at radius 1 is 1.30 bits per heavy atom. The van der Waals surface area contributed by atoms with Crippen molar-refractivity contribution in [2.75, 3.05) is 0 Å².